The van der Waals surface area contributed by atoms with E-state index in [2.05, 4.69) is 24.6 Å². The topological polar surface area (TPSA) is 49.3 Å². The fourth-order valence-electron chi connectivity index (χ4n) is 1.02. The highest BCUT2D eigenvalue weighted by Gasteiger charge is 2.23. The normalized spacial score (nSPS) is 14.2. The van der Waals surface area contributed by atoms with E-state index in [1.807, 2.05) is 6.26 Å². The molecule has 0 aliphatic rings. The number of rotatable bonds is 6. The van der Waals surface area contributed by atoms with Crippen molar-refractivity contribution in [1.82, 2.24) is 4.98 Å². The maximum Gasteiger partial charge on any atom is 0.320 e. The van der Waals surface area contributed by atoms with Gasteiger partial charge in [-0.25, -0.2) is 0 Å². The van der Waals surface area contributed by atoms with Crippen LogP contribution >= 0.6 is 11.8 Å². The van der Waals surface area contributed by atoms with E-state index in [4.69, 9.17) is 5.11 Å². The number of thioether (sulfide) groups is 1. The summed E-state index contributed by atoms with van der Waals surface area (Å²) in [5.74, 6) is 0.172. The third-order valence-corrected chi connectivity index (χ3v) is 3.37. The standard InChI is InChI=1S/C8H19NO2SSi/c1-12-6-5-7(8(10)11)9-13(2,3)4/h7,9H,5-6H2,1-4H3,(H,10,11)/t7-/m0/s1. The lowest BCUT2D eigenvalue weighted by atomic mass is 10.2. The van der Waals surface area contributed by atoms with E-state index in [1.165, 1.54) is 0 Å². The summed E-state index contributed by atoms with van der Waals surface area (Å²) in [4.78, 5) is 14.1. The van der Waals surface area contributed by atoms with Crippen LogP contribution in [-0.2, 0) is 4.79 Å². The molecular formula is C8H19NO2SSi. The number of aliphatic carboxylic acids is 1. The van der Waals surface area contributed by atoms with Gasteiger partial charge in [-0.2, -0.15) is 11.8 Å². The van der Waals surface area contributed by atoms with Gasteiger partial charge in [0.2, 0.25) is 0 Å². The van der Waals surface area contributed by atoms with Gasteiger partial charge < -0.3 is 10.1 Å². The van der Waals surface area contributed by atoms with Crippen molar-refractivity contribution in [2.24, 2.45) is 0 Å². The van der Waals surface area contributed by atoms with Gasteiger partial charge in [-0.3, -0.25) is 4.79 Å². The first-order valence-corrected chi connectivity index (χ1v) is 9.25. The number of nitrogens with one attached hydrogen (secondary N) is 1. The number of hydrogen-bond donors (Lipinski definition) is 2. The number of carboxylic acids is 1. The second-order valence-corrected chi connectivity index (χ2v) is 9.84. The summed E-state index contributed by atoms with van der Waals surface area (Å²) in [6.45, 7) is 6.34. The molecule has 0 aromatic heterocycles. The van der Waals surface area contributed by atoms with Gasteiger partial charge >= 0.3 is 5.97 Å². The summed E-state index contributed by atoms with van der Waals surface area (Å²) in [7, 11) is -1.47. The molecule has 13 heavy (non-hydrogen) atoms. The van der Waals surface area contributed by atoms with Crippen molar-refractivity contribution in [1.29, 1.82) is 0 Å². The Bertz CT molecular complexity index is 170. The summed E-state index contributed by atoms with van der Waals surface area (Å²) in [5.41, 5.74) is 0. The Morgan fingerprint density at radius 2 is 2.08 bits per heavy atom. The molecule has 78 valence electrons. The molecule has 5 heteroatoms. The second-order valence-electron chi connectivity index (χ2n) is 4.07. The molecule has 0 unspecified atom stereocenters. The van der Waals surface area contributed by atoms with Crippen LogP contribution in [0.5, 0.6) is 0 Å². The molecule has 2 N–H and O–H groups in total. The molecule has 0 heterocycles. The van der Waals surface area contributed by atoms with E-state index in [0.717, 1.165) is 5.75 Å². The summed E-state index contributed by atoms with van der Waals surface area (Å²) in [5, 5.41) is 8.91. The van der Waals surface area contributed by atoms with E-state index in [9.17, 15) is 4.79 Å². The maximum absolute atomic E-state index is 10.8. The molecule has 0 aromatic carbocycles. The molecule has 0 radical (unpaired) electrons. The summed E-state index contributed by atoms with van der Waals surface area (Å²) >= 11 is 1.69. The van der Waals surface area contributed by atoms with Gasteiger partial charge in [0.1, 0.15) is 14.3 Å². The average Bonchev–Trinajstić information content (AvgIpc) is 1.95. The first kappa shape index (κ1) is 13.0. The summed E-state index contributed by atoms with van der Waals surface area (Å²) in [6, 6.07) is -0.362. The van der Waals surface area contributed by atoms with Crippen LogP contribution in [0.15, 0.2) is 0 Å². The Balaban J connectivity index is 4.03. The van der Waals surface area contributed by atoms with Crippen LogP contribution in [0.2, 0.25) is 19.6 Å². The fourth-order valence-corrected chi connectivity index (χ4v) is 2.80. The van der Waals surface area contributed by atoms with E-state index in [0.29, 0.717) is 6.42 Å². The third kappa shape index (κ3) is 7.10. The van der Waals surface area contributed by atoms with E-state index >= 15 is 0 Å². The van der Waals surface area contributed by atoms with Crippen molar-refractivity contribution >= 4 is 26.0 Å². The van der Waals surface area contributed by atoms with Crippen LogP contribution in [0, 0.1) is 0 Å². The molecule has 1 atom stereocenters. The van der Waals surface area contributed by atoms with Crippen molar-refractivity contribution in [2.45, 2.75) is 32.1 Å². The highest BCUT2D eigenvalue weighted by molar-refractivity contribution is 7.98. The minimum Gasteiger partial charge on any atom is -0.480 e. The van der Waals surface area contributed by atoms with Crippen LogP contribution in [-0.4, -0.2) is 37.4 Å². The zero-order chi connectivity index (χ0) is 10.5. The van der Waals surface area contributed by atoms with Gasteiger partial charge in [-0.1, -0.05) is 19.6 Å². The predicted molar refractivity (Wildman–Crippen MR) is 60.9 cm³/mol. The molecule has 0 saturated heterocycles. The largest absolute Gasteiger partial charge is 0.480 e. The Morgan fingerprint density at radius 1 is 1.54 bits per heavy atom. The van der Waals surface area contributed by atoms with Crippen LogP contribution in [0.4, 0.5) is 0 Å². The van der Waals surface area contributed by atoms with Crippen molar-refractivity contribution in [3.05, 3.63) is 0 Å². The maximum atomic E-state index is 10.8. The fraction of sp³-hybridized carbons (Fsp3) is 0.875. The molecule has 0 amide bonds. The lowest BCUT2D eigenvalue weighted by Crippen LogP contribution is -2.51. The number of carbonyl (C=O) groups is 1. The summed E-state index contributed by atoms with van der Waals surface area (Å²) < 4.78 is 0. The van der Waals surface area contributed by atoms with Gasteiger partial charge in [0.15, 0.2) is 0 Å². The highest BCUT2D eigenvalue weighted by Crippen LogP contribution is 2.05. The highest BCUT2D eigenvalue weighted by atomic mass is 32.2. The monoisotopic (exact) mass is 221 g/mol. The number of carboxylic acid groups (broad SMARTS) is 1. The van der Waals surface area contributed by atoms with Gasteiger partial charge in [-0.05, 0) is 18.4 Å². The molecule has 0 saturated carbocycles. The van der Waals surface area contributed by atoms with Gasteiger partial charge in [0.05, 0.1) is 0 Å². The third-order valence-electron chi connectivity index (χ3n) is 1.52. The Labute approximate surface area is 85.4 Å². The molecule has 0 spiro atoms. The number of hydrogen-bond acceptors (Lipinski definition) is 3. The zero-order valence-corrected chi connectivity index (χ0v) is 10.6. The van der Waals surface area contributed by atoms with E-state index in [1.54, 1.807) is 11.8 Å². The molecule has 0 aliphatic carbocycles. The average molecular weight is 221 g/mol. The first-order chi connectivity index (χ1) is 5.87. The first-order valence-electron chi connectivity index (χ1n) is 4.36. The minimum atomic E-state index is -1.47. The molecular weight excluding hydrogens is 202 g/mol. The summed E-state index contributed by atoms with van der Waals surface area (Å²) in [6.07, 6.45) is 2.70. The van der Waals surface area contributed by atoms with Gasteiger partial charge in [0, 0.05) is 0 Å². The van der Waals surface area contributed by atoms with Crippen molar-refractivity contribution in [3.63, 3.8) is 0 Å². The SMILES string of the molecule is CSCC[C@H](N[Si](C)(C)C)C(=O)O. The van der Waals surface area contributed by atoms with Crippen molar-refractivity contribution in [3.8, 4) is 0 Å². The molecule has 0 fully saturated rings. The van der Waals surface area contributed by atoms with Crippen LogP contribution < -0.4 is 4.98 Å². The molecule has 0 bridgehead atoms. The van der Waals surface area contributed by atoms with Crippen LogP contribution in [0.1, 0.15) is 6.42 Å². The van der Waals surface area contributed by atoms with Crippen LogP contribution in [0.25, 0.3) is 0 Å². The zero-order valence-electron chi connectivity index (χ0n) is 8.76. The van der Waals surface area contributed by atoms with Gasteiger partial charge in [0.25, 0.3) is 0 Å². The molecule has 0 aliphatic heterocycles. The lowest BCUT2D eigenvalue weighted by molar-refractivity contribution is -0.139. The second kappa shape index (κ2) is 5.67. The van der Waals surface area contributed by atoms with Crippen LogP contribution in [0.3, 0.4) is 0 Å². The molecule has 0 aromatic rings. The Hall–Kier alpha value is -0.00312. The molecule has 0 rings (SSSR count). The Morgan fingerprint density at radius 3 is 2.38 bits per heavy atom. The van der Waals surface area contributed by atoms with Gasteiger partial charge in [-0.15, -0.1) is 0 Å². The van der Waals surface area contributed by atoms with Crippen molar-refractivity contribution < 1.29 is 9.90 Å². The smallest absolute Gasteiger partial charge is 0.320 e. The predicted octanol–water partition coefficient (Wildman–Crippen LogP) is 1.62. The van der Waals surface area contributed by atoms with E-state index < -0.39 is 14.2 Å². The quantitative estimate of drug-likeness (QED) is 0.669. The lowest BCUT2D eigenvalue weighted by Gasteiger charge is -2.23. The van der Waals surface area contributed by atoms with Crippen molar-refractivity contribution in [2.75, 3.05) is 12.0 Å². The molecule has 3 nitrogen and oxygen atoms in total. The Kier molecular flexibility index (Phi) is 5.67. The van der Waals surface area contributed by atoms with E-state index in [-0.39, 0.29) is 6.04 Å². The minimum absolute atomic E-state index is 0.362.